The molecular weight excluding hydrogens is 300 g/mol. The van der Waals surface area contributed by atoms with E-state index in [0.29, 0.717) is 23.7 Å². The third-order valence-electron chi connectivity index (χ3n) is 4.18. The van der Waals surface area contributed by atoms with E-state index >= 15 is 0 Å². The van der Waals surface area contributed by atoms with Crippen molar-refractivity contribution in [2.75, 3.05) is 35.2 Å². The van der Waals surface area contributed by atoms with E-state index in [-0.39, 0.29) is 18.8 Å². The van der Waals surface area contributed by atoms with Crippen molar-refractivity contribution in [3.63, 3.8) is 0 Å². The van der Waals surface area contributed by atoms with Gasteiger partial charge in [0.15, 0.2) is 11.5 Å². The van der Waals surface area contributed by atoms with Crippen LogP contribution in [0, 0.1) is 5.92 Å². The lowest BCUT2D eigenvalue weighted by Gasteiger charge is -2.23. The molecule has 0 aromatic heterocycles. The second-order valence-electron chi connectivity index (χ2n) is 5.45. The van der Waals surface area contributed by atoms with Gasteiger partial charge in [-0.1, -0.05) is 0 Å². The zero-order valence-electron chi connectivity index (χ0n) is 14.1. The van der Waals surface area contributed by atoms with Crippen LogP contribution in [0.1, 0.15) is 30.1 Å². The minimum Gasteiger partial charge on any atom is -0.493 e. The van der Waals surface area contributed by atoms with Crippen molar-refractivity contribution >= 4 is 6.29 Å². The van der Waals surface area contributed by atoms with E-state index in [4.69, 9.17) is 23.7 Å². The average molecular weight is 324 g/mol. The fourth-order valence-electron chi connectivity index (χ4n) is 3.06. The van der Waals surface area contributed by atoms with Gasteiger partial charge in [-0.25, -0.2) is 0 Å². The third-order valence-corrected chi connectivity index (χ3v) is 4.18. The highest BCUT2D eigenvalue weighted by Crippen LogP contribution is 2.47. The van der Waals surface area contributed by atoms with Crippen LogP contribution in [0.25, 0.3) is 0 Å². The molecule has 1 aliphatic rings. The van der Waals surface area contributed by atoms with Crippen LogP contribution in [-0.4, -0.2) is 41.5 Å². The minimum absolute atomic E-state index is 0.0639. The quantitative estimate of drug-likeness (QED) is 0.436. The SMILES string of the molecule is COCOC1C[C@H](C=O)CCc2c1cc(OC)c(OC)c2OC. The monoisotopic (exact) mass is 324 g/mol. The zero-order chi connectivity index (χ0) is 16.8. The number of carbonyl (C=O) groups is 1. The van der Waals surface area contributed by atoms with Crippen molar-refractivity contribution < 1.29 is 28.5 Å². The maximum absolute atomic E-state index is 11.3. The van der Waals surface area contributed by atoms with E-state index in [2.05, 4.69) is 0 Å². The van der Waals surface area contributed by atoms with Gasteiger partial charge in [-0.2, -0.15) is 0 Å². The second kappa shape index (κ2) is 8.17. The van der Waals surface area contributed by atoms with Crippen LogP contribution >= 0.6 is 0 Å². The number of hydrogen-bond donors (Lipinski definition) is 0. The van der Waals surface area contributed by atoms with Crippen molar-refractivity contribution in [2.24, 2.45) is 5.92 Å². The van der Waals surface area contributed by atoms with Crippen LogP contribution in [0.3, 0.4) is 0 Å². The lowest BCUT2D eigenvalue weighted by molar-refractivity contribution is -0.114. The molecule has 0 saturated heterocycles. The molecule has 1 aromatic rings. The topological polar surface area (TPSA) is 63.2 Å². The molecule has 1 aliphatic carbocycles. The first-order valence-corrected chi connectivity index (χ1v) is 7.57. The highest BCUT2D eigenvalue weighted by molar-refractivity contribution is 5.61. The normalized spacial score (nSPS) is 20.3. The first-order valence-electron chi connectivity index (χ1n) is 7.57. The second-order valence-corrected chi connectivity index (χ2v) is 5.45. The van der Waals surface area contributed by atoms with E-state index in [1.165, 1.54) is 0 Å². The third kappa shape index (κ3) is 3.59. The maximum Gasteiger partial charge on any atom is 0.203 e. The lowest BCUT2D eigenvalue weighted by Crippen LogP contribution is -2.12. The van der Waals surface area contributed by atoms with Gasteiger partial charge >= 0.3 is 0 Å². The van der Waals surface area contributed by atoms with E-state index in [1.807, 2.05) is 6.07 Å². The fourth-order valence-corrected chi connectivity index (χ4v) is 3.06. The summed E-state index contributed by atoms with van der Waals surface area (Å²) >= 11 is 0. The Kier molecular flexibility index (Phi) is 6.24. The van der Waals surface area contributed by atoms with Crippen molar-refractivity contribution in [1.82, 2.24) is 0 Å². The Labute approximate surface area is 136 Å². The lowest BCUT2D eigenvalue weighted by atomic mass is 9.98. The fraction of sp³-hybridized carbons (Fsp3) is 0.588. The molecule has 6 nitrogen and oxygen atoms in total. The van der Waals surface area contributed by atoms with Crippen LogP contribution in [0.15, 0.2) is 6.07 Å². The number of fused-ring (bicyclic) bond motifs is 1. The predicted octanol–water partition coefficient (Wildman–Crippen LogP) is 2.53. The van der Waals surface area contributed by atoms with Crippen molar-refractivity contribution in [3.8, 4) is 17.2 Å². The Balaban J connectivity index is 2.55. The molecule has 0 saturated carbocycles. The van der Waals surface area contributed by atoms with E-state index in [1.54, 1.807) is 28.4 Å². The Morgan fingerprint density at radius 1 is 1.13 bits per heavy atom. The zero-order valence-corrected chi connectivity index (χ0v) is 14.1. The number of rotatable bonds is 7. The van der Waals surface area contributed by atoms with Crippen LogP contribution in [0.5, 0.6) is 17.2 Å². The van der Waals surface area contributed by atoms with Crippen LogP contribution in [0.2, 0.25) is 0 Å². The van der Waals surface area contributed by atoms with E-state index < -0.39 is 0 Å². The van der Waals surface area contributed by atoms with Gasteiger partial charge in [-0.3, -0.25) is 0 Å². The highest BCUT2D eigenvalue weighted by Gasteiger charge is 2.30. The standard InChI is InChI=1S/C17H24O6/c1-19-10-23-14-7-11(9-18)5-6-12-13(14)8-15(20-2)17(22-4)16(12)21-3/h8-9,11,14H,5-7,10H2,1-4H3/t11-,14?/m1/s1. The van der Waals surface area contributed by atoms with E-state index in [0.717, 1.165) is 30.3 Å². The van der Waals surface area contributed by atoms with Crippen molar-refractivity contribution in [1.29, 1.82) is 0 Å². The molecule has 0 aliphatic heterocycles. The van der Waals surface area contributed by atoms with Gasteiger partial charge in [-0.15, -0.1) is 0 Å². The highest BCUT2D eigenvalue weighted by atomic mass is 16.7. The molecular formula is C17H24O6. The summed E-state index contributed by atoms with van der Waals surface area (Å²) in [5.41, 5.74) is 1.96. The molecule has 2 atom stereocenters. The van der Waals surface area contributed by atoms with Gasteiger partial charge in [0.25, 0.3) is 0 Å². The Bertz CT molecular complexity index is 542. The maximum atomic E-state index is 11.3. The molecule has 0 spiro atoms. The summed E-state index contributed by atoms with van der Waals surface area (Å²) in [5, 5.41) is 0. The molecule has 23 heavy (non-hydrogen) atoms. The summed E-state index contributed by atoms with van der Waals surface area (Å²) < 4.78 is 27.3. The van der Waals surface area contributed by atoms with Gasteiger partial charge in [0.1, 0.15) is 13.1 Å². The Morgan fingerprint density at radius 3 is 2.43 bits per heavy atom. The van der Waals surface area contributed by atoms with Crippen molar-refractivity contribution in [3.05, 3.63) is 17.2 Å². The van der Waals surface area contributed by atoms with Crippen molar-refractivity contribution in [2.45, 2.75) is 25.4 Å². The average Bonchev–Trinajstić information content (AvgIpc) is 2.77. The number of aldehydes is 1. The largest absolute Gasteiger partial charge is 0.493 e. The number of carbonyl (C=O) groups excluding carboxylic acids is 1. The number of ether oxygens (including phenoxy) is 5. The first-order chi connectivity index (χ1) is 11.2. The molecule has 2 rings (SSSR count). The van der Waals surface area contributed by atoms with Gasteiger partial charge in [-0.05, 0) is 30.9 Å². The smallest absolute Gasteiger partial charge is 0.203 e. The molecule has 0 bridgehead atoms. The summed E-state index contributed by atoms with van der Waals surface area (Å²) in [6.07, 6.45) is 2.81. The molecule has 0 amide bonds. The number of benzene rings is 1. The molecule has 0 N–H and O–H groups in total. The molecule has 1 aromatic carbocycles. The number of methoxy groups -OCH3 is 4. The van der Waals surface area contributed by atoms with Crippen LogP contribution in [-0.2, 0) is 20.7 Å². The first kappa shape index (κ1) is 17.6. The predicted molar refractivity (Wildman–Crippen MR) is 84.3 cm³/mol. The molecule has 0 radical (unpaired) electrons. The van der Waals surface area contributed by atoms with Crippen LogP contribution < -0.4 is 14.2 Å². The summed E-state index contributed by atoms with van der Waals surface area (Å²) in [6.45, 7) is 0.159. The summed E-state index contributed by atoms with van der Waals surface area (Å²) in [4.78, 5) is 11.3. The molecule has 128 valence electrons. The van der Waals surface area contributed by atoms with Gasteiger partial charge < -0.3 is 28.5 Å². The molecule has 6 heteroatoms. The summed E-state index contributed by atoms with van der Waals surface area (Å²) in [6, 6.07) is 1.91. The van der Waals surface area contributed by atoms with E-state index in [9.17, 15) is 4.79 Å². The van der Waals surface area contributed by atoms with Gasteiger partial charge in [0, 0.05) is 18.6 Å². The Morgan fingerprint density at radius 2 is 1.87 bits per heavy atom. The Hall–Kier alpha value is -1.79. The van der Waals surface area contributed by atoms with Gasteiger partial charge in [0.2, 0.25) is 5.75 Å². The number of hydrogen-bond acceptors (Lipinski definition) is 6. The molecule has 0 heterocycles. The van der Waals surface area contributed by atoms with Crippen LogP contribution in [0.4, 0.5) is 0 Å². The molecule has 1 unspecified atom stereocenters. The summed E-state index contributed by atoms with van der Waals surface area (Å²) in [7, 11) is 6.34. The van der Waals surface area contributed by atoms with Gasteiger partial charge in [0.05, 0.1) is 27.4 Å². The minimum atomic E-state index is -0.253. The molecule has 0 fully saturated rings. The summed E-state index contributed by atoms with van der Waals surface area (Å²) in [5.74, 6) is 1.72.